The molecule has 6 rings (SSSR count). The van der Waals surface area contributed by atoms with Crippen molar-refractivity contribution in [2.45, 2.75) is 25.4 Å². The summed E-state index contributed by atoms with van der Waals surface area (Å²) in [5, 5.41) is 9.32. The van der Waals surface area contributed by atoms with Gasteiger partial charge >= 0.3 is 0 Å². The van der Waals surface area contributed by atoms with E-state index in [2.05, 4.69) is 47.7 Å². The minimum atomic E-state index is -0.422. The Kier molecular flexibility index (Phi) is 7.83. The summed E-state index contributed by atoms with van der Waals surface area (Å²) >= 11 is 6.38. The lowest BCUT2D eigenvalue weighted by atomic mass is 10.0. The number of rotatable bonds is 7. The number of nitrogens with zero attached hydrogens (tertiary/aromatic N) is 5. The van der Waals surface area contributed by atoms with Crippen LogP contribution >= 0.6 is 11.6 Å². The first-order valence-electron chi connectivity index (χ1n) is 13.9. The molecule has 0 bridgehead atoms. The standard InChI is InChI=1S/C29H34ClFN8O2/c1-37-12-14-38(15-13-37)19-8-10-39(11-9-19)23-7-6-22(26(41-2)25(23)31)35-29-33-17-20(30)27(36-29)34-21-5-3-4-18-16-32-28(40)24(18)21/h3-7,17,19H,8-16H2,1-2H3,(H,32,40)(H2,33,34,35,36). The molecule has 0 aliphatic carbocycles. The Labute approximate surface area is 243 Å². The average Bonchev–Trinajstić information content (AvgIpc) is 3.37. The summed E-state index contributed by atoms with van der Waals surface area (Å²) in [5.41, 5.74) is 2.97. The third-order valence-corrected chi connectivity index (χ3v) is 8.48. The molecule has 2 aromatic carbocycles. The largest absolute Gasteiger partial charge is 0.492 e. The molecule has 0 atom stereocenters. The van der Waals surface area contributed by atoms with Crippen molar-refractivity contribution in [2.75, 3.05) is 69.0 Å². The molecule has 0 unspecified atom stereocenters. The maximum Gasteiger partial charge on any atom is 0.254 e. The van der Waals surface area contributed by atoms with Gasteiger partial charge in [0.15, 0.2) is 17.4 Å². The van der Waals surface area contributed by atoms with Crippen LogP contribution in [0, 0.1) is 5.82 Å². The van der Waals surface area contributed by atoms with Crippen molar-refractivity contribution in [3.05, 3.63) is 58.5 Å². The van der Waals surface area contributed by atoms with E-state index >= 15 is 4.39 Å². The Hall–Kier alpha value is -3.67. The number of benzene rings is 2. The number of aromatic nitrogens is 2. The van der Waals surface area contributed by atoms with Crippen LogP contribution in [0.15, 0.2) is 36.5 Å². The van der Waals surface area contributed by atoms with Gasteiger partial charge in [0, 0.05) is 51.9 Å². The number of ether oxygens (including phenoxy) is 1. The summed E-state index contributed by atoms with van der Waals surface area (Å²) in [6.45, 7) is 6.44. The molecule has 1 aromatic heterocycles. The summed E-state index contributed by atoms with van der Waals surface area (Å²) in [5.74, 6) is 0.0300. The lowest BCUT2D eigenvalue weighted by molar-refractivity contribution is 0.0966. The van der Waals surface area contributed by atoms with Crippen LogP contribution in [-0.2, 0) is 6.54 Å². The second kappa shape index (κ2) is 11.7. The molecule has 216 valence electrons. The van der Waals surface area contributed by atoms with E-state index in [9.17, 15) is 4.79 Å². The van der Waals surface area contributed by atoms with Gasteiger partial charge in [-0.1, -0.05) is 23.7 Å². The zero-order chi connectivity index (χ0) is 28.5. The van der Waals surface area contributed by atoms with E-state index < -0.39 is 5.82 Å². The van der Waals surface area contributed by atoms with Crippen LogP contribution in [0.2, 0.25) is 5.02 Å². The number of fused-ring (bicyclic) bond motifs is 1. The number of piperazine rings is 1. The summed E-state index contributed by atoms with van der Waals surface area (Å²) in [7, 11) is 3.61. The van der Waals surface area contributed by atoms with Crippen molar-refractivity contribution in [2.24, 2.45) is 0 Å². The van der Waals surface area contributed by atoms with Crippen LogP contribution in [0.5, 0.6) is 5.75 Å². The smallest absolute Gasteiger partial charge is 0.254 e. The van der Waals surface area contributed by atoms with Gasteiger partial charge in [-0.2, -0.15) is 4.98 Å². The Balaban J connectivity index is 1.17. The lowest BCUT2D eigenvalue weighted by Crippen LogP contribution is -2.52. The molecule has 0 spiro atoms. The normalized spacial score (nSPS) is 18.2. The predicted octanol–water partition coefficient (Wildman–Crippen LogP) is 4.22. The van der Waals surface area contributed by atoms with Gasteiger partial charge in [-0.05, 0) is 43.7 Å². The number of anilines is 5. The number of carbonyl (C=O) groups excluding carboxylic acids is 1. The van der Waals surface area contributed by atoms with Crippen LogP contribution in [-0.4, -0.2) is 85.1 Å². The SMILES string of the molecule is COc1c(Nc2ncc(Cl)c(Nc3cccc4c3C(=O)NC4)n2)ccc(N2CCC(N3CCN(C)CC3)CC2)c1F. The van der Waals surface area contributed by atoms with Crippen LogP contribution in [0.1, 0.15) is 28.8 Å². The summed E-state index contributed by atoms with van der Waals surface area (Å²) in [4.78, 5) is 28.1. The maximum absolute atomic E-state index is 15.8. The first-order valence-corrected chi connectivity index (χ1v) is 14.3. The molecule has 10 nitrogen and oxygen atoms in total. The first kappa shape index (κ1) is 27.5. The van der Waals surface area contributed by atoms with E-state index in [1.807, 2.05) is 12.1 Å². The van der Waals surface area contributed by atoms with E-state index in [4.69, 9.17) is 16.3 Å². The second-order valence-corrected chi connectivity index (χ2v) is 11.1. The number of nitrogens with one attached hydrogen (secondary N) is 3. The molecule has 3 aromatic rings. The van der Waals surface area contributed by atoms with Gasteiger partial charge in [0.2, 0.25) is 5.95 Å². The molecule has 3 aliphatic rings. The van der Waals surface area contributed by atoms with Crippen molar-refractivity contribution in [1.29, 1.82) is 0 Å². The monoisotopic (exact) mass is 580 g/mol. The predicted molar refractivity (Wildman–Crippen MR) is 158 cm³/mol. The molecule has 41 heavy (non-hydrogen) atoms. The topological polar surface area (TPSA) is 97.9 Å². The highest BCUT2D eigenvalue weighted by molar-refractivity contribution is 6.33. The Morgan fingerprint density at radius 2 is 1.83 bits per heavy atom. The van der Waals surface area contributed by atoms with Gasteiger partial charge in [0.05, 0.1) is 35.9 Å². The molecule has 12 heteroatoms. The fraction of sp³-hybridized carbons (Fsp3) is 0.414. The number of hydrogen-bond donors (Lipinski definition) is 3. The Bertz CT molecular complexity index is 1440. The molecule has 3 N–H and O–H groups in total. The summed E-state index contributed by atoms with van der Waals surface area (Å²) < 4.78 is 21.3. The molecule has 0 saturated carbocycles. The number of methoxy groups -OCH3 is 1. The van der Waals surface area contributed by atoms with Gasteiger partial charge < -0.3 is 30.5 Å². The number of hydrogen-bond acceptors (Lipinski definition) is 9. The highest BCUT2D eigenvalue weighted by Crippen LogP contribution is 2.38. The molecule has 0 radical (unpaired) electrons. The van der Waals surface area contributed by atoms with Crippen LogP contribution in [0.3, 0.4) is 0 Å². The number of amides is 1. The van der Waals surface area contributed by atoms with Gasteiger partial charge in [-0.15, -0.1) is 0 Å². The van der Waals surface area contributed by atoms with Gasteiger partial charge in [-0.25, -0.2) is 9.37 Å². The van der Waals surface area contributed by atoms with Crippen molar-refractivity contribution >= 4 is 46.3 Å². The molecule has 4 heterocycles. The Morgan fingerprint density at radius 3 is 2.59 bits per heavy atom. The quantitative estimate of drug-likeness (QED) is 0.379. The molecule has 1 amide bonds. The fourth-order valence-electron chi connectivity index (χ4n) is 5.89. The van der Waals surface area contributed by atoms with E-state index in [1.54, 1.807) is 18.2 Å². The number of carbonyl (C=O) groups is 1. The van der Waals surface area contributed by atoms with Crippen LogP contribution < -0.4 is 25.6 Å². The third-order valence-electron chi connectivity index (χ3n) is 8.20. The van der Waals surface area contributed by atoms with E-state index in [1.165, 1.54) is 13.3 Å². The lowest BCUT2D eigenvalue weighted by Gasteiger charge is -2.42. The summed E-state index contributed by atoms with van der Waals surface area (Å²) in [6.07, 6.45) is 3.46. The van der Waals surface area contributed by atoms with Gasteiger partial charge in [0.1, 0.15) is 5.02 Å². The van der Waals surface area contributed by atoms with Crippen molar-refractivity contribution in [3.63, 3.8) is 0 Å². The summed E-state index contributed by atoms with van der Waals surface area (Å²) in [6, 6.07) is 9.65. The highest BCUT2D eigenvalue weighted by Gasteiger charge is 2.29. The van der Waals surface area contributed by atoms with E-state index in [-0.39, 0.29) is 22.6 Å². The van der Waals surface area contributed by atoms with Crippen molar-refractivity contribution in [1.82, 2.24) is 25.1 Å². The molecule has 2 saturated heterocycles. The minimum Gasteiger partial charge on any atom is -0.492 e. The third kappa shape index (κ3) is 5.61. The Morgan fingerprint density at radius 1 is 1.05 bits per heavy atom. The van der Waals surface area contributed by atoms with Gasteiger partial charge in [0.25, 0.3) is 5.91 Å². The fourth-order valence-corrected chi connectivity index (χ4v) is 6.03. The van der Waals surface area contributed by atoms with E-state index in [0.717, 1.165) is 57.7 Å². The van der Waals surface area contributed by atoms with Crippen molar-refractivity contribution in [3.8, 4) is 5.75 Å². The second-order valence-electron chi connectivity index (χ2n) is 10.7. The van der Waals surface area contributed by atoms with Crippen LogP contribution in [0.4, 0.5) is 33.2 Å². The molecule has 3 aliphatic heterocycles. The van der Waals surface area contributed by atoms with E-state index in [0.29, 0.717) is 41.0 Å². The number of piperidine rings is 1. The highest BCUT2D eigenvalue weighted by atomic mass is 35.5. The zero-order valence-electron chi connectivity index (χ0n) is 23.2. The zero-order valence-corrected chi connectivity index (χ0v) is 24.0. The van der Waals surface area contributed by atoms with Crippen LogP contribution in [0.25, 0.3) is 0 Å². The van der Waals surface area contributed by atoms with Gasteiger partial charge in [-0.3, -0.25) is 9.69 Å². The van der Waals surface area contributed by atoms with Crippen molar-refractivity contribution < 1.29 is 13.9 Å². The molecule has 2 fully saturated rings. The molecular weight excluding hydrogens is 547 g/mol. The maximum atomic E-state index is 15.8. The number of halogens is 2. The minimum absolute atomic E-state index is 0.0919. The first-order chi connectivity index (χ1) is 19.9. The number of likely N-dealkylation sites (N-methyl/N-ethyl adjacent to an activating group) is 1. The molecular formula is C29H34ClFN8O2. The average molecular weight is 581 g/mol.